The van der Waals surface area contributed by atoms with Crippen LogP contribution in [0, 0.1) is 11.8 Å². The molecular formula is C39H56F3N5O3S. The van der Waals surface area contributed by atoms with Gasteiger partial charge in [-0.3, -0.25) is 9.69 Å². The molecule has 1 aliphatic heterocycles. The van der Waals surface area contributed by atoms with Crippen LogP contribution in [0.5, 0.6) is 0 Å². The number of amides is 1. The number of ether oxygens (including phenoxy) is 1. The van der Waals surface area contributed by atoms with Gasteiger partial charge in [-0.05, 0) is 101 Å². The summed E-state index contributed by atoms with van der Waals surface area (Å²) in [6, 6.07) is 11.5. The highest BCUT2D eigenvalue weighted by Gasteiger charge is 2.36. The molecule has 0 spiro atoms. The number of hydrogen-bond acceptors (Lipinski definition) is 8. The number of halogens is 3. The van der Waals surface area contributed by atoms with Gasteiger partial charge in [0, 0.05) is 50.4 Å². The summed E-state index contributed by atoms with van der Waals surface area (Å²) in [5, 5.41) is 9.02. The Labute approximate surface area is 306 Å². The lowest BCUT2D eigenvalue weighted by Crippen LogP contribution is -2.35. The van der Waals surface area contributed by atoms with Gasteiger partial charge in [0.25, 0.3) is 0 Å². The van der Waals surface area contributed by atoms with Crippen molar-refractivity contribution in [2.45, 2.75) is 104 Å². The zero-order chi connectivity index (χ0) is 37.8. The second-order valence-electron chi connectivity index (χ2n) is 14.3. The van der Waals surface area contributed by atoms with Crippen LogP contribution in [0.25, 0.3) is 0 Å². The van der Waals surface area contributed by atoms with Crippen molar-refractivity contribution >= 4 is 29.4 Å². The number of aromatic nitrogens is 2. The van der Waals surface area contributed by atoms with Crippen molar-refractivity contribution in [1.82, 2.24) is 20.0 Å². The molecule has 3 aromatic rings. The van der Waals surface area contributed by atoms with E-state index < -0.39 is 17.3 Å². The average Bonchev–Trinajstić information content (AvgIpc) is 3.78. The van der Waals surface area contributed by atoms with Gasteiger partial charge in [-0.15, -0.1) is 21.5 Å². The zero-order valence-electron chi connectivity index (χ0n) is 31.5. The lowest BCUT2D eigenvalue weighted by molar-refractivity contribution is -0.138. The molecule has 1 aromatic heterocycles. The maximum atomic E-state index is 14.2. The van der Waals surface area contributed by atoms with E-state index in [2.05, 4.69) is 10.2 Å². The molecule has 1 saturated heterocycles. The number of para-hydroxylation sites is 1. The first kappa shape index (κ1) is 41.9. The lowest BCUT2D eigenvalue weighted by Gasteiger charge is -2.29. The van der Waals surface area contributed by atoms with E-state index >= 15 is 0 Å². The van der Waals surface area contributed by atoms with Crippen LogP contribution in [0.15, 0.2) is 48.0 Å². The minimum absolute atomic E-state index is 0.0318. The Bertz CT molecular complexity index is 1490. The standard InChI is InChI=1S/C30H40F3N3O3.C7H10N2S.C2H6/c1-21(34(5)14-12-22-13-15-36(18-22)28(38)39-29(2,3)4)23-16-24(20-37)26(27(17-23)30(31,32)33)19-35(6)25-10-8-7-9-11-25;1-2-6(3-1)4-7-9-8-5-10-7;1-2/h7-11,16-17,20-22H,12-15,18-19H2,1-6H3;5-6H,1-4H2;1-2H3. The van der Waals surface area contributed by atoms with E-state index in [0.29, 0.717) is 37.4 Å². The third kappa shape index (κ3) is 12.9. The Morgan fingerprint density at radius 3 is 2.31 bits per heavy atom. The summed E-state index contributed by atoms with van der Waals surface area (Å²) < 4.78 is 48.2. The van der Waals surface area contributed by atoms with Crippen LogP contribution in [0.3, 0.4) is 0 Å². The summed E-state index contributed by atoms with van der Waals surface area (Å²) in [6.45, 7) is 13.2. The summed E-state index contributed by atoms with van der Waals surface area (Å²) in [6.07, 6.45) is 2.65. The van der Waals surface area contributed by atoms with Gasteiger partial charge in [0.2, 0.25) is 0 Å². The van der Waals surface area contributed by atoms with Crippen molar-refractivity contribution in [3.05, 3.63) is 75.2 Å². The fourth-order valence-electron chi connectivity index (χ4n) is 6.13. The number of alkyl halides is 3. The SMILES string of the molecule is CC.CC(c1cc(C=O)c(CN(C)c2ccccc2)c(C(F)(F)F)c1)N(C)CCC1CCN(C(=O)OC(C)(C)C)C1.c1nnc(CC2CCC2)s1. The molecule has 2 aromatic carbocycles. The predicted octanol–water partition coefficient (Wildman–Crippen LogP) is 9.70. The Morgan fingerprint density at radius 2 is 1.76 bits per heavy atom. The van der Waals surface area contributed by atoms with Gasteiger partial charge in [0.1, 0.15) is 22.4 Å². The largest absolute Gasteiger partial charge is 0.444 e. The molecule has 1 amide bonds. The van der Waals surface area contributed by atoms with Gasteiger partial charge in [0.05, 0.1) is 5.56 Å². The molecule has 51 heavy (non-hydrogen) atoms. The Kier molecular flexibility index (Phi) is 15.9. The smallest absolute Gasteiger partial charge is 0.416 e. The number of anilines is 1. The van der Waals surface area contributed by atoms with Crippen LogP contribution in [-0.4, -0.2) is 71.7 Å². The normalized spacial score (nSPS) is 16.7. The Balaban J connectivity index is 0.000000491. The van der Waals surface area contributed by atoms with Gasteiger partial charge in [-0.2, -0.15) is 13.2 Å². The fourth-order valence-corrected chi connectivity index (χ4v) is 6.77. The average molecular weight is 732 g/mol. The van der Waals surface area contributed by atoms with E-state index in [0.717, 1.165) is 24.4 Å². The molecular weight excluding hydrogens is 676 g/mol. The number of aldehydes is 1. The maximum absolute atomic E-state index is 14.2. The first-order valence-electron chi connectivity index (χ1n) is 18.0. The van der Waals surface area contributed by atoms with E-state index in [-0.39, 0.29) is 29.8 Å². The third-order valence-corrected chi connectivity index (χ3v) is 10.1. The van der Waals surface area contributed by atoms with E-state index in [4.69, 9.17) is 4.74 Å². The van der Waals surface area contributed by atoms with E-state index in [1.54, 1.807) is 34.3 Å². The van der Waals surface area contributed by atoms with Crippen LogP contribution in [-0.2, 0) is 23.9 Å². The van der Waals surface area contributed by atoms with E-state index in [1.165, 1.54) is 36.8 Å². The number of likely N-dealkylation sites (tertiary alicyclic amines) is 1. The molecule has 8 nitrogen and oxygen atoms in total. The van der Waals surface area contributed by atoms with Gasteiger partial charge in [-0.1, -0.05) is 51.3 Å². The molecule has 0 radical (unpaired) electrons. The highest BCUT2D eigenvalue weighted by Crippen LogP contribution is 2.37. The van der Waals surface area contributed by atoms with E-state index in [9.17, 15) is 22.8 Å². The highest BCUT2D eigenvalue weighted by atomic mass is 32.1. The van der Waals surface area contributed by atoms with Gasteiger partial charge in [0.15, 0.2) is 0 Å². The molecule has 5 rings (SSSR count). The van der Waals surface area contributed by atoms with Gasteiger partial charge in [-0.25, -0.2) is 4.79 Å². The summed E-state index contributed by atoms with van der Waals surface area (Å²) in [7, 11) is 3.58. The molecule has 1 aliphatic carbocycles. The molecule has 2 atom stereocenters. The van der Waals surface area contributed by atoms with Crippen molar-refractivity contribution in [2.24, 2.45) is 11.8 Å². The highest BCUT2D eigenvalue weighted by molar-refractivity contribution is 7.09. The summed E-state index contributed by atoms with van der Waals surface area (Å²) >= 11 is 1.68. The van der Waals surface area contributed by atoms with Crippen LogP contribution < -0.4 is 4.90 Å². The maximum Gasteiger partial charge on any atom is 0.416 e. The molecule has 2 unspecified atom stereocenters. The van der Waals surface area contributed by atoms with E-state index in [1.807, 2.05) is 89.3 Å². The van der Waals surface area contributed by atoms with Gasteiger partial charge < -0.3 is 14.5 Å². The molecule has 0 bridgehead atoms. The van der Waals surface area contributed by atoms with Crippen molar-refractivity contribution in [3.63, 3.8) is 0 Å². The minimum Gasteiger partial charge on any atom is -0.444 e. The number of carbonyl (C=O) groups excluding carboxylic acids is 2. The molecule has 12 heteroatoms. The molecule has 2 aliphatic rings. The second-order valence-corrected chi connectivity index (χ2v) is 15.2. The topological polar surface area (TPSA) is 78.9 Å². The minimum atomic E-state index is -4.60. The number of carbonyl (C=O) groups is 2. The Morgan fingerprint density at radius 1 is 1.08 bits per heavy atom. The number of benzene rings is 2. The molecule has 282 valence electrons. The van der Waals surface area contributed by atoms with Crippen LogP contribution >= 0.6 is 11.3 Å². The van der Waals surface area contributed by atoms with Crippen molar-refractivity contribution in [3.8, 4) is 0 Å². The van der Waals surface area contributed by atoms with Crippen LogP contribution in [0.4, 0.5) is 23.7 Å². The fraction of sp³-hybridized carbons (Fsp3) is 0.590. The Hall–Kier alpha value is -3.51. The summed E-state index contributed by atoms with van der Waals surface area (Å²) in [5.41, 5.74) is 1.70. The first-order chi connectivity index (χ1) is 24.1. The molecule has 1 saturated carbocycles. The number of rotatable bonds is 11. The third-order valence-electron chi connectivity index (χ3n) is 9.40. The van der Waals surface area contributed by atoms with Crippen LogP contribution in [0.2, 0.25) is 0 Å². The van der Waals surface area contributed by atoms with Crippen LogP contribution in [0.1, 0.15) is 112 Å². The molecule has 2 fully saturated rings. The summed E-state index contributed by atoms with van der Waals surface area (Å²) in [5.74, 6) is 1.22. The zero-order valence-corrected chi connectivity index (χ0v) is 32.3. The van der Waals surface area contributed by atoms with Crippen molar-refractivity contribution < 1.29 is 27.5 Å². The molecule has 0 N–H and O–H groups in total. The first-order valence-corrected chi connectivity index (χ1v) is 18.9. The monoisotopic (exact) mass is 731 g/mol. The van der Waals surface area contributed by atoms with Gasteiger partial charge >= 0.3 is 12.3 Å². The quantitative estimate of drug-likeness (QED) is 0.182. The van der Waals surface area contributed by atoms with Crippen molar-refractivity contribution in [1.29, 1.82) is 0 Å². The number of hydrogen-bond donors (Lipinski definition) is 0. The second kappa shape index (κ2) is 19.4. The predicted molar refractivity (Wildman–Crippen MR) is 199 cm³/mol. The summed E-state index contributed by atoms with van der Waals surface area (Å²) in [4.78, 5) is 29.8. The molecule has 2 heterocycles. The van der Waals surface area contributed by atoms with Crippen molar-refractivity contribution in [2.75, 3.05) is 38.6 Å². The lowest BCUT2D eigenvalue weighted by atomic mass is 9.83. The number of nitrogens with zero attached hydrogens (tertiary/aromatic N) is 5.